The molecule has 0 spiro atoms. The van der Waals surface area contributed by atoms with E-state index in [2.05, 4.69) is 0 Å². The van der Waals surface area contributed by atoms with E-state index in [1.54, 1.807) is 47.0 Å². The average Bonchev–Trinajstić information content (AvgIpc) is 2.51. The third kappa shape index (κ3) is 3.07. The molecule has 0 fully saturated rings. The van der Waals surface area contributed by atoms with Gasteiger partial charge in [-0.2, -0.15) is 0 Å². The monoisotopic (exact) mass is 314 g/mol. The van der Waals surface area contributed by atoms with Gasteiger partial charge in [0.05, 0.1) is 12.1 Å². The number of pyridine rings is 1. The largest absolute Gasteiger partial charge is 0.492 e. The molecule has 0 saturated carbocycles. The second-order valence-electron chi connectivity index (χ2n) is 4.94. The number of aromatic nitrogens is 1. The first kappa shape index (κ1) is 14.5. The van der Waals surface area contributed by atoms with Gasteiger partial charge in [-0.15, -0.1) is 0 Å². The summed E-state index contributed by atoms with van der Waals surface area (Å²) in [5, 5.41) is 1.58. The van der Waals surface area contributed by atoms with Crippen molar-refractivity contribution in [1.29, 1.82) is 0 Å². The van der Waals surface area contributed by atoms with Gasteiger partial charge in [-0.3, -0.25) is 4.79 Å². The maximum absolute atomic E-state index is 12.1. The summed E-state index contributed by atoms with van der Waals surface area (Å²) in [4.78, 5) is 12.1. The van der Waals surface area contributed by atoms with Crippen molar-refractivity contribution in [3.8, 4) is 5.75 Å². The molecular weight excluding hydrogens is 300 g/mol. The Balaban J connectivity index is 1.80. The minimum Gasteiger partial charge on any atom is -0.492 e. The Bertz CT molecular complexity index is 857. The Morgan fingerprint density at radius 1 is 1.05 bits per heavy atom. The lowest BCUT2D eigenvalue weighted by molar-refractivity contribution is 0.298. The van der Waals surface area contributed by atoms with Gasteiger partial charge < -0.3 is 15.0 Å². The molecule has 0 saturated heterocycles. The van der Waals surface area contributed by atoms with Crippen LogP contribution >= 0.6 is 11.6 Å². The number of halogens is 1. The summed E-state index contributed by atoms with van der Waals surface area (Å²) in [5.41, 5.74) is 7.10. The molecule has 0 aliphatic carbocycles. The number of fused-ring (bicyclic) bond motifs is 1. The SMILES string of the molecule is Nc1ccc(OCCn2c(=O)ccc3cc(Cl)ccc32)cc1. The molecule has 0 atom stereocenters. The van der Waals surface area contributed by atoms with Crippen molar-refractivity contribution in [2.45, 2.75) is 6.54 Å². The molecule has 0 aliphatic heterocycles. The lowest BCUT2D eigenvalue weighted by Gasteiger charge is -2.11. The number of benzene rings is 2. The topological polar surface area (TPSA) is 57.2 Å². The van der Waals surface area contributed by atoms with Crippen LogP contribution in [0.15, 0.2) is 59.4 Å². The molecule has 0 radical (unpaired) electrons. The van der Waals surface area contributed by atoms with E-state index in [4.69, 9.17) is 22.1 Å². The van der Waals surface area contributed by atoms with Crippen LogP contribution in [0.2, 0.25) is 5.02 Å². The molecular formula is C17H15ClN2O2. The van der Waals surface area contributed by atoms with E-state index >= 15 is 0 Å². The zero-order chi connectivity index (χ0) is 15.5. The summed E-state index contributed by atoms with van der Waals surface area (Å²) >= 11 is 5.99. The number of ether oxygens (including phenoxy) is 1. The van der Waals surface area contributed by atoms with E-state index in [1.165, 1.54) is 0 Å². The van der Waals surface area contributed by atoms with Crippen LogP contribution < -0.4 is 16.0 Å². The minimum atomic E-state index is -0.0595. The lowest BCUT2D eigenvalue weighted by atomic mass is 10.2. The second kappa shape index (κ2) is 6.12. The molecule has 112 valence electrons. The fourth-order valence-electron chi connectivity index (χ4n) is 2.32. The molecule has 1 heterocycles. The summed E-state index contributed by atoms with van der Waals surface area (Å²) in [7, 11) is 0. The predicted molar refractivity (Wildman–Crippen MR) is 89.6 cm³/mol. The van der Waals surface area contributed by atoms with Crippen LogP contribution in [0.3, 0.4) is 0 Å². The summed E-state index contributed by atoms with van der Waals surface area (Å²) in [6, 6.07) is 16.0. The second-order valence-corrected chi connectivity index (χ2v) is 5.38. The van der Waals surface area contributed by atoms with Gasteiger partial charge >= 0.3 is 0 Å². The highest BCUT2D eigenvalue weighted by molar-refractivity contribution is 6.31. The van der Waals surface area contributed by atoms with Crippen molar-refractivity contribution < 1.29 is 4.74 Å². The Labute approximate surface area is 132 Å². The normalized spacial score (nSPS) is 10.8. The maximum Gasteiger partial charge on any atom is 0.251 e. The van der Waals surface area contributed by atoms with Crippen LogP contribution in [-0.2, 0) is 6.54 Å². The predicted octanol–water partition coefficient (Wildman–Crippen LogP) is 3.32. The van der Waals surface area contributed by atoms with Crippen LogP contribution in [0.5, 0.6) is 5.75 Å². The summed E-state index contributed by atoms with van der Waals surface area (Å²) in [6.45, 7) is 0.855. The van der Waals surface area contributed by atoms with Crippen molar-refractivity contribution in [2.75, 3.05) is 12.3 Å². The molecule has 0 unspecified atom stereocenters. The van der Waals surface area contributed by atoms with Crippen molar-refractivity contribution in [2.24, 2.45) is 0 Å². The number of anilines is 1. The van der Waals surface area contributed by atoms with Crippen LogP contribution in [-0.4, -0.2) is 11.2 Å². The zero-order valence-corrected chi connectivity index (χ0v) is 12.6. The molecule has 0 amide bonds. The third-order valence-corrected chi connectivity index (χ3v) is 3.65. The number of nitrogens with two attached hydrogens (primary N) is 1. The number of hydrogen-bond acceptors (Lipinski definition) is 3. The highest BCUT2D eigenvalue weighted by Crippen LogP contribution is 2.18. The molecule has 3 aromatic rings. The van der Waals surface area contributed by atoms with E-state index in [-0.39, 0.29) is 5.56 Å². The number of nitrogen functional groups attached to an aromatic ring is 1. The fraction of sp³-hybridized carbons (Fsp3) is 0.118. The van der Waals surface area contributed by atoms with E-state index in [0.29, 0.717) is 23.9 Å². The molecule has 1 aromatic heterocycles. The van der Waals surface area contributed by atoms with Gasteiger partial charge in [-0.25, -0.2) is 0 Å². The van der Waals surface area contributed by atoms with Crippen molar-refractivity contribution in [3.63, 3.8) is 0 Å². The van der Waals surface area contributed by atoms with Gasteiger partial charge in [-0.05, 0) is 53.9 Å². The van der Waals surface area contributed by atoms with Crippen molar-refractivity contribution in [3.05, 3.63) is 70.0 Å². The maximum atomic E-state index is 12.1. The van der Waals surface area contributed by atoms with E-state index < -0.39 is 0 Å². The van der Waals surface area contributed by atoms with E-state index in [1.807, 2.05) is 12.1 Å². The standard InChI is InChI=1S/C17H15ClN2O2/c18-13-2-7-16-12(11-13)1-8-17(21)20(16)9-10-22-15-5-3-14(19)4-6-15/h1-8,11H,9-10,19H2. The third-order valence-electron chi connectivity index (χ3n) is 3.42. The average molecular weight is 315 g/mol. The highest BCUT2D eigenvalue weighted by Gasteiger charge is 2.04. The number of rotatable bonds is 4. The van der Waals surface area contributed by atoms with Crippen LogP contribution in [0, 0.1) is 0 Å². The van der Waals surface area contributed by atoms with Crippen LogP contribution in [0.4, 0.5) is 5.69 Å². The molecule has 5 heteroatoms. The van der Waals surface area contributed by atoms with Crippen molar-refractivity contribution >= 4 is 28.2 Å². The van der Waals surface area contributed by atoms with Crippen LogP contribution in [0.1, 0.15) is 0 Å². The van der Waals surface area contributed by atoms with Gasteiger partial charge in [0.2, 0.25) is 0 Å². The Morgan fingerprint density at radius 3 is 2.59 bits per heavy atom. The number of hydrogen-bond donors (Lipinski definition) is 1. The van der Waals surface area contributed by atoms with Gasteiger partial charge in [0, 0.05) is 16.8 Å². The van der Waals surface area contributed by atoms with Gasteiger partial charge in [0.15, 0.2) is 0 Å². The highest BCUT2D eigenvalue weighted by atomic mass is 35.5. The van der Waals surface area contributed by atoms with E-state index in [0.717, 1.165) is 16.7 Å². The lowest BCUT2D eigenvalue weighted by Crippen LogP contribution is -2.22. The molecule has 0 aliphatic rings. The zero-order valence-electron chi connectivity index (χ0n) is 11.8. The number of nitrogens with zero attached hydrogens (tertiary/aromatic N) is 1. The quantitative estimate of drug-likeness (QED) is 0.752. The molecule has 4 nitrogen and oxygen atoms in total. The molecule has 2 aromatic carbocycles. The molecule has 3 rings (SSSR count). The molecule has 0 bridgehead atoms. The van der Waals surface area contributed by atoms with Gasteiger partial charge in [0.1, 0.15) is 12.4 Å². The summed E-state index contributed by atoms with van der Waals surface area (Å²) in [5.74, 6) is 0.727. The molecule has 22 heavy (non-hydrogen) atoms. The summed E-state index contributed by atoms with van der Waals surface area (Å²) < 4.78 is 7.33. The smallest absolute Gasteiger partial charge is 0.251 e. The van der Waals surface area contributed by atoms with E-state index in [9.17, 15) is 4.79 Å². The van der Waals surface area contributed by atoms with Gasteiger partial charge in [-0.1, -0.05) is 11.6 Å². The fourth-order valence-corrected chi connectivity index (χ4v) is 2.50. The first-order chi connectivity index (χ1) is 10.6. The van der Waals surface area contributed by atoms with Crippen molar-refractivity contribution in [1.82, 2.24) is 4.57 Å². The molecule has 2 N–H and O–H groups in total. The minimum absolute atomic E-state index is 0.0595. The Kier molecular flexibility index (Phi) is 4.02. The van der Waals surface area contributed by atoms with Gasteiger partial charge in [0.25, 0.3) is 5.56 Å². The Morgan fingerprint density at radius 2 is 1.82 bits per heavy atom. The first-order valence-electron chi connectivity index (χ1n) is 6.91. The van der Waals surface area contributed by atoms with Crippen LogP contribution in [0.25, 0.3) is 10.9 Å². The Hall–Kier alpha value is -2.46. The summed E-state index contributed by atoms with van der Waals surface area (Å²) in [6.07, 6.45) is 0. The first-order valence-corrected chi connectivity index (χ1v) is 7.29.